The van der Waals surface area contributed by atoms with Gasteiger partial charge in [-0.2, -0.15) is 5.26 Å². The van der Waals surface area contributed by atoms with Gasteiger partial charge in [0.05, 0.1) is 19.9 Å². The Labute approximate surface area is 159 Å². The van der Waals surface area contributed by atoms with E-state index < -0.39 is 5.91 Å². The van der Waals surface area contributed by atoms with Crippen LogP contribution in [0, 0.1) is 18.3 Å². The molecule has 0 radical (unpaired) electrons. The van der Waals surface area contributed by atoms with Crippen molar-refractivity contribution in [3.63, 3.8) is 0 Å². The van der Waals surface area contributed by atoms with Crippen LogP contribution in [0.25, 0.3) is 0 Å². The standard InChI is InChI=1S/C21H23N3O3/c1-5-24(17-8-6-7-15(2)11-17)14-16(13-22)21(25)23-19-12-18(26-3)9-10-20(19)27-4/h6-12,14H,5H2,1-4H3,(H,23,25)/b16-14-. The summed E-state index contributed by atoms with van der Waals surface area (Å²) in [6, 6.07) is 14.9. The third-order valence-electron chi connectivity index (χ3n) is 3.98. The smallest absolute Gasteiger partial charge is 0.267 e. The van der Waals surface area contributed by atoms with Crippen LogP contribution in [0.2, 0.25) is 0 Å². The van der Waals surface area contributed by atoms with Crippen LogP contribution in [-0.2, 0) is 4.79 Å². The molecule has 0 saturated heterocycles. The average Bonchev–Trinajstić information content (AvgIpc) is 2.68. The van der Waals surface area contributed by atoms with E-state index in [2.05, 4.69) is 5.32 Å². The SMILES string of the molecule is CCN(/C=C(/C#N)C(=O)Nc1cc(OC)ccc1OC)c1cccc(C)c1. The maximum atomic E-state index is 12.6. The first-order chi connectivity index (χ1) is 13.0. The van der Waals surface area contributed by atoms with Crippen LogP contribution in [0.5, 0.6) is 11.5 Å². The molecule has 0 atom stereocenters. The molecule has 1 amide bonds. The van der Waals surface area contributed by atoms with E-state index in [1.165, 1.54) is 14.2 Å². The fourth-order valence-corrected chi connectivity index (χ4v) is 2.55. The minimum atomic E-state index is -0.518. The van der Waals surface area contributed by atoms with E-state index in [4.69, 9.17) is 9.47 Å². The molecule has 2 aromatic carbocycles. The number of hydrogen-bond acceptors (Lipinski definition) is 5. The number of nitrogens with zero attached hydrogens (tertiary/aromatic N) is 2. The molecule has 0 aliphatic carbocycles. The number of ether oxygens (including phenoxy) is 2. The summed E-state index contributed by atoms with van der Waals surface area (Å²) in [5.41, 5.74) is 2.44. The number of nitrogens with one attached hydrogen (secondary N) is 1. The Morgan fingerprint density at radius 2 is 2.00 bits per heavy atom. The zero-order valence-electron chi connectivity index (χ0n) is 15.9. The highest BCUT2D eigenvalue weighted by molar-refractivity contribution is 6.07. The molecular formula is C21H23N3O3. The average molecular weight is 365 g/mol. The lowest BCUT2D eigenvalue weighted by Crippen LogP contribution is -2.21. The van der Waals surface area contributed by atoms with Crippen molar-refractivity contribution in [1.29, 1.82) is 5.26 Å². The summed E-state index contributed by atoms with van der Waals surface area (Å²) in [5.74, 6) is 0.533. The molecule has 0 aliphatic rings. The number of carbonyl (C=O) groups excluding carboxylic acids is 1. The zero-order valence-corrected chi connectivity index (χ0v) is 15.9. The van der Waals surface area contributed by atoms with Gasteiger partial charge in [0, 0.05) is 24.5 Å². The fourth-order valence-electron chi connectivity index (χ4n) is 2.55. The minimum Gasteiger partial charge on any atom is -0.497 e. The van der Waals surface area contributed by atoms with Gasteiger partial charge in [-0.15, -0.1) is 0 Å². The molecule has 0 heterocycles. The predicted molar refractivity (Wildman–Crippen MR) is 106 cm³/mol. The van der Waals surface area contributed by atoms with E-state index in [1.54, 1.807) is 24.4 Å². The van der Waals surface area contributed by atoms with Gasteiger partial charge < -0.3 is 19.7 Å². The summed E-state index contributed by atoms with van der Waals surface area (Å²) in [5, 5.41) is 12.2. The first kappa shape index (κ1) is 19.9. The summed E-state index contributed by atoms with van der Waals surface area (Å²) < 4.78 is 10.4. The summed E-state index contributed by atoms with van der Waals surface area (Å²) >= 11 is 0. The Balaban J connectivity index is 2.30. The second kappa shape index (κ2) is 9.30. The van der Waals surface area contributed by atoms with Crippen LogP contribution in [0.3, 0.4) is 0 Å². The Morgan fingerprint density at radius 3 is 2.59 bits per heavy atom. The Kier molecular flexibility index (Phi) is 6.84. The normalized spacial score (nSPS) is 10.7. The quantitative estimate of drug-likeness (QED) is 0.595. The first-order valence-electron chi connectivity index (χ1n) is 8.51. The predicted octanol–water partition coefficient (Wildman–Crippen LogP) is 3.88. The second-order valence-electron chi connectivity index (χ2n) is 5.80. The van der Waals surface area contributed by atoms with E-state index in [0.717, 1.165) is 11.3 Å². The van der Waals surface area contributed by atoms with Crippen molar-refractivity contribution in [1.82, 2.24) is 0 Å². The van der Waals surface area contributed by atoms with Crippen LogP contribution in [0.1, 0.15) is 12.5 Å². The number of nitriles is 1. The number of amides is 1. The second-order valence-corrected chi connectivity index (χ2v) is 5.80. The van der Waals surface area contributed by atoms with E-state index >= 15 is 0 Å². The number of rotatable bonds is 7. The molecule has 0 bridgehead atoms. The fraction of sp³-hybridized carbons (Fsp3) is 0.238. The molecule has 0 unspecified atom stereocenters. The highest BCUT2D eigenvalue weighted by Gasteiger charge is 2.15. The zero-order chi connectivity index (χ0) is 19.8. The number of aryl methyl sites for hydroxylation is 1. The Hall–Kier alpha value is -3.46. The lowest BCUT2D eigenvalue weighted by atomic mass is 10.2. The maximum absolute atomic E-state index is 12.6. The van der Waals surface area contributed by atoms with Crippen molar-refractivity contribution >= 4 is 17.3 Å². The van der Waals surface area contributed by atoms with Crippen LogP contribution in [0.4, 0.5) is 11.4 Å². The van der Waals surface area contributed by atoms with Crippen molar-refractivity contribution in [2.75, 3.05) is 31.0 Å². The highest BCUT2D eigenvalue weighted by atomic mass is 16.5. The molecule has 27 heavy (non-hydrogen) atoms. The van der Waals surface area contributed by atoms with E-state index in [-0.39, 0.29) is 5.57 Å². The van der Waals surface area contributed by atoms with Gasteiger partial charge in [-0.25, -0.2) is 0 Å². The number of benzene rings is 2. The van der Waals surface area contributed by atoms with Crippen LogP contribution in [0.15, 0.2) is 54.2 Å². The maximum Gasteiger partial charge on any atom is 0.267 e. The number of methoxy groups -OCH3 is 2. The summed E-state index contributed by atoms with van der Waals surface area (Å²) in [4.78, 5) is 14.5. The minimum absolute atomic E-state index is 0.0109. The van der Waals surface area contributed by atoms with Gasteiger partial charge in [-0.3, -0.25) is 4.79 Å². The van der Waals surface area contributed by atoms with Gasteiger partial charge in [0.2, 0.25) is 0 Å². The Bertz CT molecular complexity index is 884. The third-order valence-corrected chi connectivity index (χ3v) is 3.98. The number of hydrogen-bond donors (Lipinski definition) is 1. The lowest BCUT2D eigenvalue weighted by Gasteiger charge is -2.19. The molecule has 0 spiro atoms. The highest BCUT2D eigenvalue weighted by Crippen LogP contribution is 2.29. The van der Waals surface area contributed by atoms with Gasteiger partial charge in [-0.1, -0.05) is 12.1 Å². The van der Waals surface area contributed by atoms with Gasteiger partial charge in [0.25, 0.3) is 5.91 Å². The van der Waals surface area contributed by atoms with Gasteiger partial charge >= 0.3 is 0 Å². The molecule has 140 valence electrons. The van der Waals surface area contributed by atoms with Crippen LogP contribution < -0.4 is 19.7 Å². The van der Waals surface area contributed by atoms with Gasteiger partial charge in [0.1, 0.15) is 23.1 Å². The Morgan fingerprint density at radius 1 is 1.22 bits per heavy atom. The molecular weight excluding hydrogens is 342 g/mol. The molecule has 2 aromatic rings. The van der Waals surface area contributed by atoms with Crippen LogP contribution in [-0.4, -0.2) is 26.7 Å². The third kappa shape index (κ3) is 5.02. The molecule has 0 saturated carbocycles. The van der Waals surface area contributed by atoms with Gasteiger partial charge in [0.15, 0.2) is 0 Å². The molecule has 6 heteroatoms. The van der Waals surface area contributed by atoms with E-state index in [9.17, 15) is 10.1 Å². The molecule has 6 nitrogen and oxygen atoms in total. The van der Waals surface area contributed by atoms with Crippen molar-refractivity contribution < 1.29 is 14.3 Å². The van der Waals surface area contributed by atoms with Crippen LogP contribution >= 0.6 is 0 Å². The topological polar surface area (TPSA) is 74.6 Å². The molecule has 0 fully saturated rings. The molecule has 0 aromatic heterocycles. The first-order valence-corrected chi connectivity index (χ1v) is 8.51. The number of carbonyl (C=O) groups is 1. The summed E-state index contributed by atoms with van der Waals surface area (Å²) in [6.45, 7) is 4.56. The lowest BCUT2D eigenvalue weighted by molar-refractivity contribution is -0.112. The molecule has 0 aliphatic heterocycles. The molecule has 1 N–H and O–H groups in total. The largest absolute Gasteiger partial charge is 0.497 e. The van der Waals surface area contributed by atoms with Gasteiger partial charge in [-0.05, 0) is 43.7 Å². The van der Waals surface area contributed by atoms with Crippen molar-refractivity contribution in [3.8, 4) is 17.6 Å². The molecule has 2 rings (SSSR count). The van der Waals surface area contributed by atoms with Crippen molar-refractivity contribution in [2.24, 2.45) is 0 Å². The van der Waals surface area contributed by atoms with E-state index in [1.807, 2.05) is 49.1 Å². The summed E-state index contributed by atoms with van der Waals surface area (Å²) in [7, 11) is 3.05. The van der Waals surface area contributed by atoms with Crippen molar-refractivity contribution in [3.05, 3.63) is 59.8 Å². The van der Waals surface area contributed by atoms with E-state index in [0.29, 0.717) is 23.7 Å². The van der Waals surface area contributed by atoms with Crippen molar-refractivity contribution in [2.45, 2.75) is 13.8 Å². The summed E-state index contributed by atoms with van der Waals surface area (Å²) in [6.07, 6.45) is 1.55. The monoisotopic (exact) mass is 365 g/mol. The number of anilines is 2.